The number of amides is 2. The molecule has 334 valence electrons. The Hall–Kier alpha value is -1.86. The lowest BCUT2D eigenvalue weighted by atomic mass is 9.94. The van der Waals surface area contributed by atoms with Crippen molar-refractivity contribution in [3.8, 4) is 0 Å². The predicted octanol–water partition coefficient (Wildman–Crippen LogP) is -7.51. The van der Waals surface area contributed by atoms with Crippen molar-refractivity contribution in [2.75, 3.05) is 13.2 Å². The number of carbonyl (C=O) groups excluding carboxylic acids is 2. The molecule has 2 amide bonds. The summed E-state index contributed by atoms with van der Waals surface area (Å²) < 4.78 is 60.4. The first kappa shape index (κ1) is 45.7. The molecule has 0 aromatic carbocycles. The zero-order valence-corrected chi connectivity index (χ0v) is 32.2. The van der Waals surface area contributed by atoms with Gasteiger partial charge in [0.05, 0.1) is 31.5 Å². The monoisotopic (exact) mass is 844 g/mol. The molecule has 6 aliphatic heterocycles. The van der Waals surface area contributed by atoms with Crippen LogP contribution in [0.5, 0.6) is 0 Å². The molecule has 0 aromatic rings. The molecule has 58 heavy (non-hydrogen) atoms. The summed E-state index contributed by atoms with van der Waals surface area (Å²) in [6.45, 7) is 4.78. The van der Waals surface area contributed by atoms with Gasteiger partial charge in [-0.15, -0.1) is 0 Å². The van der Waals surface area contributed by atoms with Crippen LogP contribution < -0.4 is 10.6 Å². The maximum atomic E-state index is 12.7. The van der Waals surface area contributed by atoms with Crippen LogP contribution in [-0.4, -0.2) is 229 Å². The van der Waals surface area contributed by atoms with Gasteiger partial charge < -0.3 is 109 Å². The number of fused-ring (bicyclic) bond motifs is 7. The molecule has 25 atom stereocenters. The molecule has 0 unspecified atom stereocenters. The van der Waals surface area contributed by atoms with Gasteiger partial charge >= 0.3 is 0 Å². The quantitative estimate of drug-likeness (QED) is 0.118. The van der Waals surface area contributed by atoms with Crippen molar-refractivity contribution in [3.05, 3.63) is 0 Å². The summed E-state index contributed by atoms with van der Waals surface area (Å²) in [7, 11) is 0. The van der Waals surface area contributed by atoms with E-state index in [0.717, 1.165) is 13.8 Å². The number of carbonyl (C=O) groups is 2. The molecule has 6 bridgehead atoms. The Morgan fingerprint density at radius 3 is 1.45 bits per heavy atom. The van der Waals surface area contributed by atoms with Crippen molar-refractivity contribution in [2.24, 2.45) is 0 Å². The second kappa shape index (κ2) is 18.6. The van der Waals surface area contributed by atoms with Gasteiger partial charge in [0, 0.05) is 13.8 Å². The molecule has 6 saturated heterocycles. The van der Waals surface area contributed by atoms with E-state index in [4.69, 9.17) is 47.4 Å². The molecular weight excluding hydrogens is 788 g/mol. The van der Waals surface area contributed by atoms with Crippen molar-refractivity contribution in [1.82, 2.24) is 10.6 Å². The van der Waals surface area contributed by atoms with Crippen LogP contribution in [0.1, 0.15) is 34.6 Å². The van der Waals surface area contributed by atoms with E-state index in [9.17, 15) is 60.7 Å². The van der Waals surface area contributed by atoms with Crippen LogP contribution in [0.4, 0.5) is 0 Å². The fraction of sp³-hybridized carbons (Fsp3) is 0.941. The molecular formula is C34H56N2O22. The number of aliphatic hydroxyl groups excluding tert-OH is 10. The zero-order valence-electron chi connectivity index (χ0n) is 32.2. The molecule has 24 nitrogen and oxygen atoms in total. The van der Waals surface area contributed by atoms with E-state index in [2.05, 4.69) is 10.6 Å². The fourth-order valence-corrected chi connectivity index (χ4v) is 8.03. The largest absolute Gasteiger partial charge is 0.394 e. The molecule has 0 aliphatic carbocycles. The Morgan fingerprint density at radius 2 is 0.914 bits per heavy atom. The average Bonchev–Trinajstić information content (AvgIpc) is 3.16. The highest BCUT2D eigenvalue weighted by Crippen LogP contribution is 2.38. The predicted molar refractivity (Wildman–Crippen MR) is 182 cm³/mol. The standard InChI is InChI=1S/C34H56N2O22/c1-8-17(41)26-23(47)32(49-8)54-25-16(36-12(5)40)31(53-14(7-38)21(25)45)58-29-28(57-30-15(35-11(4)39)22(46)20(44)13(6-37)52-30)19(43)10(3)51-34(29)56-27-18(42)9(2)50-33(55-26)24(27)48/h8-10,13-34,37-38,41-48H,6-7H2,1-5H3,(H,35,39)(H,36,40)/t8-,9-,10-,13+,14+,15-,16+,17-,18-,19-,20+,21-,22+,23+,24+,25+,26+,27+,28+,29+,30+,31+,32-,33-,34-/m0/s1. The SMILES string of the molecule is CC(=O)N[C@@H]1[C@@H](O[C@@H]2[C@@H](O)[C@H](C)O[C@H]3O[C@@H]4[C@@H](O)[C@H](C)O[C@@H](O[C@@H]5[C@@H](O)[C@H](C)O[C@@H](O[C@H]6[C@@H](O)[C@@H](CO)O[C@H](O[C@@H]32)[C@@H]6NC(C)=O)[C@@H]5O)[C@@H]4O)O[C@H](CO)[C@@H](O)[C@@H]1O. The van der Waals surface area contributed by atoms with E-state index in [0.29, 0.717) is 0 Å². The molecule has 12 N–H and O–H groups in total. The minimum Gasteiger partial charge on any atom is -0.394 e. The van der Waals surface area contributed by atoms with Crippen molar-refractivity contribution < 1.29 is 108 Å². The molecule has 0 spiro atoms. The third-order valence-corrected chi connectivity index (χ3v) is 11.3. The summed E-state index contributed by atoms with van der Waals surface area (Å²) in [6, 6.07) is -3.07. The van der Waals surface area contributed by atoms with E-state index in [1.807, 2.05) is 0 Å². The van der Waals surface area contributed by atoms with E-state index < -0.39 is 178 Å². The molecule has 0 saturated carbocycles. The molecule has 6 rings (SSSR count). The third kappa shape index (κ3) is 9.03. The molecule has 6 fully saturated rings. The van der Waals surface area contributed by atoms with Gasteiger partial charge in [-0.05, 0) is 20.8 Å². The van der Waals surface area contributed by atoms with Gasteiger partial charge in [0.25, 0.3) is 0 Å². The number of ether oxygens (including phenoxy) is 10. The van der Waals surface area contributed by atoms with Crippen molar-refractivity contribution in [3.63, 3.8) is 0 Å². The lowest BCUT2D eigenvalue weighted by Crippen LogP contribution is -2.70. The highest BCUT2D eigenvalue weighted by molar-refractivity contribution is 5.73. The van der Waals surface area contributed by atoms with E-state index in [-0.39, 0.29) is 0 Å². The van der Waals surface area contributed by atoms with Crippen LogP contribution in [0, 0.1) is 0 Å². The summed E-state index contributed by atoms with van der Waals surface area (Å²) in [5.41, 5.74) is 0. The highest BCUT2D eigenvalue weighted by atomic mass is 16.8. The lowest BCUT2D eigenvalue weighted by molar-refractivity contribution is -0.395. The molecule has 6 aliphatic rings. The van der Waals surface area contributed by atoms with Gasteiger partial charge in [0.1, 0.15) is 104 Å². The zero-order chi connectivity index (χ0) is 42.5. The first-order valence-corrected chi connectivity index (χ1v) is 19.1. The first-order valence-electron chi connectivity index (χ1n) is 19.1. The van der Waals surface area contributed by atoms with E-state index in [1.165, 1.54) is 20.8 Å². The van der Waals surface area contributed by atoms with Gasteiger partial charge in [-0.2, -0.15) is 0 Å². The number of hydrogen-bond acceptors (Lipinski definition) is 22. The van der Waals surface area contributed by atoms with Crippen molar-refractivity contribution in [1.29, 1.82) is 0 Å². The fourth-order valence-electron chi connectivity index (χ4n) is 8.03. The van der Waals surface area contributed by atoms with Crippen LogP contribution in [0.25, 0.3) is 0 Å². The molecule has 6 heterocycles. The van der Waals surface area contributed by atoms with Gasteiger partial charge in [-0.1, -0.05) is 0 Å². The van der Waals surface area contributed by atoms with E-state index in [1.54, 1.807) is 0 Å². The molecule has 24 heteroatoms. The average molecular weight is 845 g/mol. The normalized spacial score (nSPS) is 52.6. The number of aliphatic hydroxyl groups is 10. The smallest absolute Gasteiger partial charge is 0.217 e. The second-order valence-corrected chi connectivity index (χ2v) is 15.5. The Bertz CT molecular complexity index is 1400. The van der Waals surface area contributed by atoms with Crippen LogP contribution >= 0.6 is 0 Å². The van der Waals surface area contributed by atoms with E-state index >= 15 is 0 Å². The molecule has 0 radical (unpaired) electrons. The van der Waals surface area contributed by atoms with Gasteiger partial charge in [-0.3, -0.25) is 9.59 Å². The summed E-state index contributed by atoms with van der Waals surface area (Å²) in [5, 5.41) is 116. The Balaban J connectivity index is 1.47. The number of nitrogens with one attached hydrogen (secondary N) is 2. The summed E-state index contributed by atoms with van der Waals surface area (Å²) >= 11 is 0. The van der Waals surface area contributed by atoms with Gasteiger partial charge in [0.2, 0.25) is 11.8 Å². The lowest BCUT2D eigenvalue weighted by Gasteiger charge is -2.51. The highest BCUT2D eigenvalue weighted by Gasteiger charge is 2.59. The van der Waals surface area contributed by atoms with Crippen LogP contribution in [0.2, 0.25) is 0 Å². The van der Waals surface area contributed by atoms with Gasteiger partial charge in [-0.25, -0.2) is 0 Å². The summed E-state index contributed by atoms with van der Waals surface area (Å²) in [6.07, 6.45) is -37.6. The second-order valence-electron chi connectivity index (χ2n) is 15.5. The Kier molecular flexibility index (Phi) is 14.7. The maximum Gasteiger partial charge on any atom is 0.217 e. The molecule has 0 aromatic heterocycles. The van der Waals surface area contributed by atoms with Crippen LogP contribution in [-0.2, 0) is 57.0 Å². The minimum atomic E-state index is -1.89. The van der Waals surface area contributed by atoms with Gasteiger partial charge in [0.15, 0.2) is 31.5 Å². The summed E-state index contributed by atoms with van der Waals surface area (Å²) in [5.74, 6) is -1.40. The number of rotatable bonds is 6. The van der Waals surface area contributed by atoms with Crippen LogP contribution in [0.3, 0.4) is 0 Å². The van der Waals surface area contributed by atoms with Crippen molar-refractivity contribution >= 4 is 11.8 Å². The first-order chi connectivity index (χ1) is 27.4. The number of hydrogen-bond donors (Lipinski definition) is 12. The maximum absolute atomic E-state index is 12.7. The minimum absolute atomic E-state index is 0.689. The topological polar surface area (TPSA) is 353 Å². The Morgan fingerprint density at radius 1 is 0.466 bits per heavy atom. The van der Waals surface area contributed by atoms with Crippen molar-refractivity contribution in [2.45, 2.75) is 188 Å². The van der Waals surface area contributed by atoms with Crippen LogP contribution in [0.15, 0.2) is 0 Å². The Labute approximate surface area is 331 Å². The third-order valence-electron chi connectivity index (χ3n) is 11.3. The summed E-state index contributed by atoms with van der Waals surface area (Å²) in [4.78, 5) is 25.0.